The van der Waals surface area contributed by atoms with Crippen LogP contribution in [0.1, 0.15) is 36.9 Å². The van der Waals surface area contributed by atoms with Crippen LogP contribution in [0.5, 0.6) is 0 Å². The van der Waals surface area contributed by atoms with Gasteiger partial charge < -0.3 is 5.32 Å². The monoisotopic (exact) mass is 306 g/mol. The van der Waals surface area contributed by atoms with E-state index in [-0.39, 0.29) is 5.82 Å². The summed E-state index contributed by atoms with van der Waals surface area (Å²) < 4.78 is 13.4. The van der Waals surface area contributed by atoms with E-state index in [1.165, 1.54) is 16.6 Å². The molecule has 0 saturated heterocycles. The summed E-state index contributed by atoms with van der Waals surface area (Å²) in [6, 6.07) is 5.22. The molecular formula is C17H23FN2S. The summed E-state index contributed by atoms with van der Waals surface area (Å²) in [5.74, 6) is 0.417. The normalized spacial score (nSPS) is 11.3. The van der Waals surface area contributed by atoms with Gasteiger partial charge in [-0.15, -0.1) is 11.3 Å². The highest BCUT2D eigenvalue weighted by Gasteiger charge is 2.14. The Morgan fingerprint density at radius 2 is 2.10 bits per heavy atom. The van der Waals surface area contributed by atoms with E-state index in [1.807, 2.05) is 12.1 Å². The number of aromatic nitrogens is 1. The molecule has 2 nitrogen and oxygen atoms in total. The van der Waals surface area contributed by atoms with Crippen LogP contribution in [0, 0.1) is 18.7 Å². The number of rotatable bonds is 6. The summed E-state index contributed by atoms with van der Waals surface area (Å²) in [7, 11) is 0. The maximum atomic E-state index is 13.4. The summed E-state index contributed by atoms with van der Waals surface area (Å²) in [4.78, 5) is 6.09. The van der Waals surface area contributed by atoms with Gasteiger partial charge in [-0.05, 0) is 49.6 Å². The van der Waals surface area contributed by atoms with Crippen molar-refractivity contribution in [1.29, 1.82) is 0 Å². The maximum absolute atomic E-state index is 13.4. The Balaban J connectivity index is 2.34. The lowest BCUT2D eigenvalue weighted by atomic mass is 10.1. The highest BCUT2D eigenvalue weighted by Crippen LogP contribution is 2.30. The second kappa shape index (κ2) is 7.14. The van der Waals surface area contributed by atoms with Crippen LogP contribution < -0.4 is 5.32 Å². The highest BCUT2D eigenvalue weighted by atomic mass is 32.1. The Morgan fingerprint density at radius 1 is 1.33 bits per heavy atom. The zero-order valence-corrected chi connectivity index (χ0v) is 14.0. The molecule has 114 valence electrons. The van der Waals surface area contributed by atoms with E-state index in [0.717, 1.165) is 30.1 Å². The number of hydrogen-bond acceptors (Lipinski definition) is 3. The van der Waals surface area contributed by atoms with Gasteiger partial charge in [0.05, 0.1) is 5.69 Å². The number of aryl methyl sites for hydroxylation is 1. The van der Waals surface area contributed by atoms with Gasteiger partial charge in [0.1, 0.15) is 10.8 Å². The second-order valence-electron chi connectivity index (χ2n) is 5.73. The maximum Gasteiger partial charge on any atom is 0.126 e. The standard InChI is InChI=1S/C17H23FN2S/c1-5-19-10-16-15(8-11(2)3)20-17(21-16)13-6-7-14(18)12(4)9-13/h6-7,9,11,19H,5,8,10H2,1-4H3. The first-order chi connectivity index (χ1) is 10.0. The average molecular weight is 306 g/mol. The molecule has 21 heavy (non-hydrogen) atoms. The van der Waals surface area contributed by atoms with Gasteiger partial charge in [-0.2, -0.15) is 0 Å². The fraction of sp³-hybridized carbons (Fsp3) is 0.471. The third-order valence-electron chi connectivity index (χ3n) is 3.32. The van der Waals surface area contributed by atoms with E-state index in [0.29, 0.717) is 11.5 Å². The van der Waals surface area contributed by atoms with E-state index in [4.69, 9.17) is 4.98 Å². The predicted molar refractivity (Wildman–Crippen MR) is 88.2 cm³/mol. The molecule has 0 bridgehead atoms. The quantitative estimate of drug-likeness (QED) is 0.846. The van der Waals surface area contributed by atoms with Crippen LogP contribution in [-0.2, 0) is 13.0 Å². The topological polar surface area (TPSA) is 24.9 Å². The molecule has 0 saturated carbocycles. The first-order valence-electron chi connectivity index (χ1n) is 7.47. The Hall–Kier alpha value is -1.26. The van der Waals surface area contributed by atoms with Crippen molar-refractivity contribution in [2.24, 2.45) is 5.92 Å². The molecule has 2 rings (SSSR count). The van der Waals surface area contributed by atoms with Crippen LogP contribution in [0.15, 0.2) is 18.2 Å². The van der Waals surface area contributed by atoms with Gasteiger partial charge >= 0.3 is 0 Å². The molecule has 0 unspecified atom stereocenters. The van der Waals surface area contributed by atoms with Crippen LogP contribution in [0.4, 0.5) is 4.39 Å². The molecule has 0 spiro atoms. The van der Waals surface area contributed by atoms with Gasteiger partial charge in [0.25, 0.3) is 0 Å². The molecule has 1 N–H and O–H groups in total. The van der Waals surface area contributed by atoms with Crippen molar-refractivity contribution in [1.82, 2.24) is 10.3 Å². The molecule has 1 aromatic carbocycles. The van der Waals surface area contributed by atoms with E-state index in [9.17, 15) is 4.39 Å². The molecule has 0 aliphatic rings. The van der Waals surface area contributed by atoms with Crippen LogP contribution in [0.2, 0.25) is 0 Å². The fourth-order valence-corrected chi connectivity index (χ4v) is 3.26. The second-order valence-corrected chi connectivity index (χ2v) is 6.81. The summed E-state index contributed by atoms with van der Waals surface area (Å²) >= 11 is 1.71. The van der Waals surface area contributed by atoms with Crippen LogP contribution >= 0.6 is 11.3 Å². The molecule has 4 heteroatoms. The van der Waals surface area contributed by atoms with Gasteiger partial charge in [-0.25, -0.2) is 9.37 Å². The smallest absolute Gasteiger partial charge is 0.126 e. The van der Waals surface area contributed by atoms with Crippen molar-refractivity contribution in [3.8, 4) is 10.6 Å². The first kappa shape index (κ1) is 16.1. The van der Waals surface area contributed by atoms with Gasteiger partial charge in [0.15, 0.2) is 0 Å². The Bertz CT molecular complexity index is 605. The lowest BCUT2D eigenvalue weighted by Crippen LogP contribution is -2.12. The number of thiazole rings is 1. The van der Waals surface area contributed by atoms with Crippen molar-refractivity contribution < 1.29 is 4.39 Å². The summed E-state index contributed by atoms with van der Waals surface area (Å²) in [6.07, 6.45) is 0.984. The molecule has 1 heterocycles. The summed E-state index contributed by atoms with van der Waals surface area (Å²) in [5.41, 5.74) is 2.85. The van der Waals surface area contributed by atoms with Crippen molar-refractivity contribution in [2.75, 3.05) is 6.54 Å². The molecule has 0 radical (unpaired) electrons. The third-order valence-corrected chi connectivity index (χ3v) is 4.47. The van der Waals surface area contributed by atoms with E-state index >= 15 is 0 Å². The van der Waals surface area contributed by atoms with Gasteiger partial charge in [0, 0.05) is 17.0 Å². The molecular weight excluding hydrogens is 283 g/mol. The predicted octanol–water partition coefficient (Wildman–Crippen LogP) is 4.57. The molecule has 0 aliphatic heterocycles. The molecule has 1 aromatic heterocycles. The third kappa shape index (κ3) is 4.11. The number of nitrogens with one attached hydrogen (secondary N) is 1. The molecule has 2 aromatic rings. The molecule has 0 aliphatic carbocycles. The minimum Gasteiger partial charge on any atom is -0.312 e. The Kier molecular flexibility index (Phi) is 5.48. The van der Waals surface area contributed by atoms with Crippen molar-refractivity contribution >= 4 is 11.3 Å². The number of nitrogens with zero attached hydrogens (tertiary/aromatic N) is 1. The minimum absolute atomic E-state index is 0.161. The number of halogens is 1. The van der Waals surface area contributed by atoms with Crippen molar-refractivity contribution in [3.63, 3.8) is 0 Å². The summed E-state index contributed by atoms with van der Waals surface area (Å²) in [5, 5.41) is 4.36. The van der Waals surface area contributed by atoms with Crippen molar-refractivity contribution in [2.45, 2.75) is 40.7 Å². The number of benzene rings is 1. The van der Waals surface area contributed by atoms with Crippen LogP contribution in [0.3, 0.4) is 0 Å². The van der Waals surface area contributed by atoms with Crippen LogP contribution in [-0.4, -0.2) is 11.5 Å². The molecule has 0 atom stereocenters. The summed E-state index contributed by atoms with van der Waals surface area (Å²) in [6.45, 7) is 10.1. The van der Waals surface area contributed by atoms with Crippen LogP contribution in [0.25, 0.3) is 10.6 Å². The molecule has 0 fully saturated rings. The van der Waals surface area contributed by atoms with Gasteiger partial charge in [-0.3, -0.25) is 0 Å². The minimum atomic E-state index is -0.161. The van der Waals surface area contributed by atoms with E-state index < -0.39 is 0 Å². The Labute approximate surface area is 130 Å². The van der Waals surface area contributed by atoms with E-state index in [2.05, 4.69) is 26.1 Å². The van der Waals surface area contributed by atoms with Gasteiger partial charge in [-0.1, -0.05) is 20.8 Å². The average Bonchev–Trinajstić information content (AvgIpc) is 2.82. The lowest BCUT2D eigenvalue weighted by molar-refractivity contribution is 0.618. The SMILES string of the molecule is CCNCc1sc(-c2ccc(F)c(C)c2)nc1CC(C)C. The highest BCUT2D eigenvalue weighted by molar-refractivity contribution is 7.15. The Morgan fingerprint density at radius 3 is 2.71 bits per heavy atom. The largest absolute Gasteiger partial charge is 0.312 e. The fourth-order valence-electron chi connectivity index (χ4n) is 2.21. The zero-order valence-electron chi connectivity index (χ0n) is 13.2. The number of hydrogen-bond donors (Lipinski definition) is 1. The van der Waals surface area contributed by atoms with Gasteiger partial charge in [0.2, 0.25) is 0 Å². The van der Waals surface area contributed by atoms with Crippen molar-refractivity contribution in [3.05, 3.63) is 40.2 Å². The molecule has 0 amide bonds. The first-order valence-corrected chi connectivity index (χ1v) is 8.28. The van der Waals surface area contributed by atoms with E-state index in [1.54, 1.807) is 18.3 Å². The lowest BCUT2D eigenvalue weighted by Gasteiger charge is -2.04. The zero-order chi connectivity index (χ0) is 15.4.